The van der Waals surface area contributed by atoms with Gasteiger partial charge in [-0.05, 0) is 24.3 Å². The normalized spacial score (nSPS) is 10.2. The highest BCUT2D eigenvalue weighted by Crippen LogP contribution is 2.53. The fourth-order valence-electron chi connectivity index (χ4n) is 3.06. The topological polar surface area (TPSA) is 40.2 Å². The molecule has 3 aromatic carbocycles. The molecule has 0 unspecified atom stereocenters. The highest BCUT2D eigenvalue weighted by molar-refractivity contribution is 5.85. The van der Waals surface area contributed by atoms with Gasteiger partial charge in [0.25, 0.3) is 0 Å². The molecule has 27 heavy (non-hydrogen) atoms. The first-order valence-electron chi connectivity index (χ1n) is 8.52. The second-order valence-electron chi connectivity index (χ2n) is 5.70. The van der Waals surface area contributed by atoms with E-state index in [0.717, 1.165) is 17.1 Å². The maximum absolute atomic E-state index is 5.73. The molecule has 0 fully saturated rings. The van der Waals surface area contributed by atoms with Gasteiger partial charge in [-0.2, -0.15) is 0 Å². The molecule has 140 valence electrons. The second-order valence-corrected chi connectivity index (χ2v) is 5.70. The Morgan fingerprint density at radius 1 is 0.556 bits per heavy atom. The summed E-state index contributed by atoms with van der Waals surface area (Å²) in [7, 11) is 6.37. The molecule has 0 bridgehead atoms. The fourth-order valence-corrected chi connectivity index (χ4v) is 3.06. The van der Waals surface area contributed by atoms with Crippen molar-refractivity contribution in [1.82, 2.24) is 0 Å². The molecule has 0 amide bonds. The summed E-state index contributed by atoms with van der Waals surface area (Å²) < 4.78 is 22.4. The number of nitrogens with zero attached hydrogens (tertiary/aromatic N) is 1. The van der Waals surface area contributed by atoms with Crippen molar-refractivity contribution in [2.75, 3.05) is 33.3 Å². The van der Waals surface area contributed by atoms with Crippen molar-refractivity contribution >= 4 is 17.1 Å². The predicted octanol–water partition coefficient (Wildman–Crippen LogP) is 5.19. The van der Waals surface area contributed by atoms with Crippen molar-refractivity contribution in [1.29, 1.82) is 0 Å². The van der Waals surface area contributed by atoms with Crippen molar-refractivity contribution < 1.29 is 18.9 Å². The molecule has 0 aliphatic carbocycles. The zero-order valence-electron chi connectivity index (χ0n) is 15.9. The van der Waals surface area contributed by atoms with Gasteiger partial charge in [-0.15, -0.1) is 0 Å². The predicted molar refractivity (Wildman–Crippen MR) is 107 cm³/mol. The summed E-state index contributed by atoms with van der Waals surface area (Å²) >= 11 is 0. The molecule has 3 aromatic rings. The lowest BCUT2D eigenvalue weighted by molar-refractivity contribution is 0.306. The lowest BCUT2D eigenvalue weighted by Crippen LogP contribution is -2.12. The number of methoxy groups -OCH3 is 4. The Hall–Kier alpha value is -3.34. The van der Waals surface area contributed by atoms with Crippen molar-refractivity contribution in [3.63, 3.8) is 0 Å². The molecular weight excluding hydrogens is 342 g/mol. The van der Waals surface area contributed by atoms with Gasteiger partial charge in [0.1, 0.15) is 0 Å². The van der Waals surface area contributed by atoms with E-state index in [2.05, 4.69) is 4.90 Å². The van der Waals surface area contributed by atoms with Gasteiger partial charge >= 0.3 is 0 Å². The smallest absolute Gasteiger partial charge is 0.209 e. The SMILES string of the molecule is COc1cc(N(c2ccccc2)c2ccccc2)c(OC)c(OC)c1OC. The number of ether oxygens (including phenoxy) is 4. The molecular formula is C22H23NO4. The van der Waals surface area contributed by atoms with Gasteiger partial charge in [0, 0.05) is 17.4 Å². The van der Waals surface area contributed by atoms with Crippen LogP contribution in [0, 0.1) is 0 Å². The maximum atomic E-state index is 5.73. The van der Waals surface area contributed by atoms with Gasteiger partial charge in [0.15, 0.2) is 11.5 Å². The standard InChI is InChI=1S/C22H23NO4/c1-24-19-15-18(20(25-2)22(27-4)21(19)26-3)23(16-11-7-5-8-12-16)17-13-9-6-10-14-17/h5-15H,1-4H3. The number of hydrogen-bond acceptors (Lipinski definition) is 5. The Balaban J connectivity index is 2.32. The first kappa shape index (κ1) is 18.5. The van der Waals surface area contributed by atoms with Crippen LogP contribution in [-0.2, 0) is 0 Å². The number of rotatable bonds is 7. The van der Waals surface area contributed by atoms with Crippen LogP contribution in [0.4, 0.5) is 17.1 Å². The highest BCUT2D eigenvalue weighted by Gasteiger charge is 2.26. The summed E-state index contributed by atoms with van der Waals surface area (Å²) in [4.78, 5) is 2.09. The Bertz CT molecular complexity index is 842. The molecule has 0 aliphatic rings. The van der Waals surface area contributed by atoms with Gasteiger partial charge in [0.2, 0.25) is 11.5 Å². The van der Waals surface area contributed by atoms with Gasteiger partial charge in [-0.25, -0.2) is 0 Å². The van der Waals surface area contributed by atoms with E-state index in [0.29, 0.717) is 23.0 Å². The van der Waals surface area contributed by atoms with E-state index in [1.54, 1.807) is 28.4 Å². The average Bonchev–Trinajstić information content (AvgIpc) is 2.74. The first-order chi connectivity index (χ1) is 13.2. The Kier molecular flexibility index (Phi) is 5.71. The average molecular weight is 365 g/mol. The Labute approximate surface area is 159 Å². The number of benzene rings is 3. The van der Waals surface area contributed by atoms with E-state index < -0.39 is 0 Å². The molecule has 0 saturated carbocycles. The lowest BCUT2D eigenvalue weighted by Gasteiger charge is -2.28. The Morgan fingerprint density at radius 3 is 1.44 bits per heavy atom. The van der Waals surface area contributed by atoms with Crippen LogP contribution in [0.15, 0.2) is 66.7 Å². The van der Waals surface area contributed by atoms with Crippen molar-refractivity contribution in [3.8, 4) is 23.0 Å². The van der Waals surface area contributed by atoms with Crippen LogP contribution in [0.2, 0.25) is 0 Å². The second kappa shape index (κ2) is 8.36. The zero-order valence-corrected chi connectivity index (χ0v) is 15.9. The molecule has 0 saturated heterocycles. The Morgan fingerprint density at radius 2 is 1.04 bits per heavy atom. The molecule has 3 rings (SSSR count). The number of anilines is 3. The van der Waals surface area contributed by atoms with Crippen molar-refractivity contribution in [2.45, 2.75) is 0 Å². The highest BCUT2D eigenvalue weighted by atomic mass is 16.5. The largest absolute Gasteiger partial charge is 0.493 e. The van der Waals surface area contributed by atoms with Crippen LogP contribution >= 0.6 is 0 Å². The van der Waals surface area contributed by atoms with E-state index in [9.17, 15) is 0 Å². The van der Waals surface area contributed by atoms with Crippen molar-refractivity contribution in [2.24, 2.45) is 0 Å². The van der Waals surface area contributed by atoms with Crippen LogP contribution in [0.1, 0.15) is 0 Å². The summed E-state index contributed by atoms with van der Waals surface area (Å²) in [5.74, 6) is 2.08. The van der Waals surface area contributed by atoms with Crippen LogP contribution < -0.4 is 23.8 Å². The molecule has 0 aromatic heterocycles. The zero-order chi connectivity index (χ0) is 19.2. The minimum atomic E-state index is 0.478. The summed E-state index contributed by atoms with van der Waals surface area (Å²) in [5.41, 5.74) is 2.75. The molecule has 0 atom stereocenters. The minimum absolute atomic E-state index is 0.478. The van der Waals surface area contributed by atoms with E-state index in [1.807, 2.05) is 66.7 Å². The summed E-state index contributed by atoms with van der Waals surface area (Å²) in [6.07, 6.45) is 0. The first-order valence-corrected chi connectivity index (χ1v) is 8.52. The molecule has 0 radical (unpaired) electrons. The third-order valence-corrected chi connectivity index (χ3v) is 4.24. The van der Waals surface area contributed by atoms with E-state index in [4.69, 9.17) is 18.9 Å². The van der Waals surface area contributed by atoms with Gasteiger partial charge in [0.05, 0.1) is 34.1 Å². The van der Waals surface area contributed by atoms with Crippen LogP contribution in [0.25, 0.3) is 0 Å². The molecule has 5 nitrogen and oxygen atoms in total. The summed E-state index contributed by atoms with van der Waals surface area (Å²) in [5, 5.41) is 0. The third kappa shape index (κ3) is 3.49. The number of para-hydroxylation sites is 2. The fraction of sp³-hybridized carbons (Fsp3) is 0.182. The monoisotopic (exact) mass is 365 g/mol. The summed E-state index contributed by atoms with van der Waals surface area (Å²) in [6, 6.07) is 22.0. The van der Waals surface area contributed by atoms with Crippen LogP contribution in [0.3, 0.4) is 0 Å². The lowest BCUT2D eigenvalue weighted by atomic mass is 10.1. The summed E-state index contributed by atoms with van der Waals surface area (Å²) in [6.45, 7) is 0. The molecule has 0 spiro atoms. The van der Waals surface area contributed by atoms with Crippen molar-refractivity contribution in [3.05, 3.63) is 66.7 Å². The maximum Gasteiger partial charge on any atom is 0.209 e. The minimum Gasteiger partial charge on any atom is -0.493 e. The molecule has 0 heterocycles. The van der Waals surface area contributed by atoms with E-state index in [1.165, 1.54) is 0 Å². The van der Waals surface area contributed by atoms with E-state index in [-0.39, 0.29) is 0 Å². The van der Waals surface area contributed by atoms with E-state index >= 15 is 0 Å². The third-order valence-electron chi connectivity index (χ3n) is 4.24. The molecule has 5 heteroatoms. The van der Waals surface area contributed by atoms with Gasteiger partial charge < -0.3 is 23.8 Å². The number of hydrogen-bond donors (Lipinski definition) is 0. The van der Waals surface area contributed by atoms with Gasteiger partial charge in [-0.3, -0.25) is 0 Å². The quantitative estimate of drug-likeness (QED) is 0.576. The van der Waals surface area contributed by atoms with Gasteiger partial charge in [-0.1, -0.05) is 36.4 Å². The molecule has 0 N–H and O–H groups in total. The van der Waals surface area contributed by atoms with Crippen LogP contribution in [-0.4, -0.2) is 28.4 Å². The van der Waals surface area contributed by atoms with Crippen LogP contribution in [0.5, 0.6) is 23.0 Å². The molecule has 0 aliphatic heterocycles.